The summed E-state index contributed by atoms with van der Waals surface area (Å²) in [5.41, 5.74) is 3.48. The third-order valence-electron chi connectivity index (χ3n) is 6.11. The minimum atomic E-state index is -1.13. The van der Waals surface area contributed by atoms with Crippen LogP contribution < -0.4 is 16.1 Å². The fourth-order valence-electron chi connectivity index (χ4n) is 4.34. The molecule has 1 atom stereocenters. The second kappa shape index (κ2) is 9.75. The van der Waals surface area contributed by atoms with Crippen molar-refractivity contribution in [2.75, 3.05) is 5.32 Å². The van der Waals surface area contributed by atoms with E-state index >= 15 is 0 Å². The molecule has 0 spiro atoms. The van der Waals surface area contributed by atoms with Gasteiger partial charge >= 0.3 is 5.97 Å². The highest BCUT2D eigenvalue weighted by atomic mass is 32.1. The van der Waals surface area contributed by atoms with Crippen molar-refractivity contribution < 1.29 is 19.4 Å². The lowest BCUT2D eigenvalue weighted by Crippen LogP contribution is -2.31. The molecule has 3 aromatic carbocycles. The number of carboxylic acids is 1. The Bertz CT molecular complexity index is 1680. The molecular weight excluding hydrogens is 488 g/mol. The molecule has 0 amide bonds. The fourth-order valence-corrected chi connectivity index (χ4v) is 4.62. The minimum absolute atomic E-state index is 0.0105. The maximum absolute atomic E-state index is 12.3. The van der Waals surface area contributed by atoms with Gasteiger partial charge in [0.15, 0.2) is 10.5 Å². The molecule has 0 aromatic heterocycles. The summed E-state index contributed by atoms with van der Waals surface area (Å²) in [5, 5.41) is 27.1. The van der Waals surface area contributed by atoms with Crippen molar-refractivity contribution in [1.29, 1.82) is 0 Å². The number of fused-ring (bicyclic) bond motifs is 2. The van der Waals surface area contributed by atoms with Gasteiger partial charge in [-0.1, -0.05) is 36.4 Å². The molecule has 8 heteroatoms. The molecule has 1 aliphatic carbocycles. The zero-order valence-corrected chi connectivity index (χ0v) is 20.5. The maximum atomic E-state index is 12.3. The van der Waals surface area contributed by atoms with Crippen molar-refractivity contribution >= 4 is 40.0 Å². The minimum Gasteiger partial charge on any atom is -0.508 e. The Morgan fingerprint density at radius 3 is 2.51 bits per heavy atom. The fraction of sp³-hybridized carbons (Fsp3) is 0.0690. The van der Waals surface area contributed by atoms with E-state index in [1.54, 1.807) is 30.3 Å². The van der Waals surface area contributed by atoms with Crippen LogP contribution in [-0.4, -0.2) is 21.3 Å². The van der Waals surface area contributed by atoms with E-state index in [4.69, 9.17) is 16.6 Å². The molecule has 4 N–H and O–H groups in total. The van der Waals surface area contributed by atoms with E-state index in [0.717, 1.165) is 5.56 Å². The van der Waals surface area contributed by atoms with Gasteiger partial charge in [-0.25, -0.2) is 4.79 Å². The summed E-state index contributed by atoms with van der Waals surface area (Å²) in [5.74, 6) is -0.784. The largest absolute Gasteiger partial charge is 0.508 e. The lowest BCUT2D eigenvalue weighted by molar-refractivity contribution is 0.0698. The number of carbonyl (C=O) groups is 1. The lowest BCUT2D eigenvalue weighted by Gasteiger charge is -2.19. The first-order valence-electron chi connectivity index (χ1n) is 11.5. The van der Waals surface area contributed by atoms with Crippen molar-refractivity contribution in [3.63, 3.8) is 0 Å². The van der Waals surface area contributed by atoms with Gasteiger partial charge < -0.3 is 25.3 Å². The quantitative estimate of drug-likeness (QED) is 0.168. The Kier molecular flexibility index (Phi) is 6.33. The number of aromatic carboxylic acids is 1. The predicted molar refractivity (Wildman–Crippen MR) is 147 cm³/mol. The first kappa shape index (κ1) is 24.0. The van der Waals surface area contributed by atoms with Crippen LogP contribution in [0.25, 0.3) is 33.4 Å². The highest BCUT2D eigenvalue weighted by molar-refractivity contribution is 7.80. The molecule has 1 aliphatic heterocycles. The van der Waals surface area contributed by atoms with Crippen LogP contribution in [0.2, 0.25) is 0 Å². The van der Waals surface area contributed by atoms with Gasteiger partial charge in [-0.15, -0.1) is 0 Å². The molecule has 3 aromatic rings. The van der Waals surface area contributed by atoms with Crippen molar-refractivity contribution in [3.05, 3.63) is 106 Å². The number of benzene rings is 4. The van der Waals surface area contributed by atoms with Crippen LogP contribution in [0.5, 0.6) is 5.75 Å². The van der Waals surface area contributed by atoms with E-state index in [0.29, 0.717) is 44.2 Å². The molecule has 1 heterocycles. The Morgan fingerprint density at radius 2 is 1.76 bits per heavy atom. The summed E-state index contributed by atoms with van der Waals surface area (Å²) in [7, 11) is 0. The van der Waals surface area contributed by atoms with Crippen LogP contribution in [0, 0.1) is 0 Å². The molecule has 2 aliphatic rings. The van der Waals surface area contributed by atoms with E-state index < -0.39 is 5.97 Å². The number of phenols is 1. The zero-order chi connectivity index (χ0) is 26.1. The molecule has 0 unspecified atom stereocenters. The molecule has 0 fully saturated rings. The molecule has 0 radical (unpaired) electrons. The third kappa shape index (κ3) is 4.87. The average Bonchev–Trinajstić information content (AvgIpc) is 2.87. The zero-order valence-electron chi connectivity index (χ0n) is 19.7. The van der Waals surface area contributed by atoms with E-state index in [-0.39, 0.29) is 22.8 Å². The molecule has 0 bridgehead atoms. The molecule has 7 nitrogen and oxygen atoms in total. The first-order chi connectivity index (χ1) is 17.8. The second-order valence-electron chi connectivity index (χ2n) is 8.61. The number of carboxylic acid groups (broad SMARTS) is 1. The van der Waals surface area contributed by atoms with Crippen LogP contribution in [0.1, 0.15) is 28.9 Å². The van der Waals surface area contributed by atoms with Gasteiger partial charge in [-0.3, -0.25) is 4.79 Å². The topological polar surface area (TPSA) is 112 Å². The van der Waals surface area contributed by atoms with Crippen molar-refractivity contribution in [2.24, 2.45) is 0 Å². The highest BCUT2D eigenvalue weighted by Crippen LogP contribution is 2.41. The molecular formula is C29H22N2O5S. The first-order valence-corrected chi connectivity index (χ1v) is 11.9. The van der Waals surface area contributed by atoms with Gasteiger partial charge in [0.25, 0.3) is 0 Å². The smallest absolute Gasteiger partial charge is 0.337 e. The standard InChI is InChI=1S/C29H22N2O5S/c1-16(17-5-3-2-4-6-17)30-29(37)31-24-12-7-18(13-23(24)28(34)35)27-21-10-8-19(32)14-25(21)36-26-15-20(33)9-11-22(26)27/h2-16,32H,1H3,(H,34,35)(H2,30,31,37)/t16-/m0/s1. The average molecular weight is 511 g/mol. The van der Waals surface area contributed by atoms with Gasteiger partial charge in [-0.05, 0) is 66.7 Å². The Morgan fingerprint density at radius 1 is 0.973 bits per heavy atom. The van der Waals surface area contributed by atoms with E-state index in [1.165, 1.54) is 24.3 Å². The Labute approximate surface area is 217 Å². The lowest BCUT2D eigenvalue weighted by atomic mass is 9.92. The summed E-state index contributed by atoms with van der Waals surface area (Å²) in [6.45, 7) is 1.96. The summed E-state index contributed by atoms with van der Waals surface area (Å²) < 4.78 is 5.88. The monoisotopic (exact) mass is 510 g/mol. The molecule has 0 saturated heterocycles. The number of hydrogen-bond donors (Lipinski definition) is 4. The number of rotatable bonds is 5. The van der Waals surface area contributed by atoms with Gasteiger partial charge in [0.1, 0.15) is 17.1 Å². The van der Waals surface area contributed by atoms with Crippen LogP contribution in [-0.2, 0) is 0 Å². The maximum Gasteiger partial charge on any atom is 0.337 e. The van der Waals surface area contributed by atoms with E-state index in [2.05, 4.69) is 10.6 Å². The van der Waals surface area contributed by atoms with Crippen LogP contribution in [0.3, 0.4) is 0 Å². The van der Waals surface area contributed by atoms with Crippen LogP contribution in [0.4, 0.5) is 5.69 Å². The summed E-state index contributed by atoms with van der Waals surface area (Å²) in [6, 6.07) is 23.8. The van der Waals surface area contributed by atoms with Gasteiger partial charge in [0.2, 0.25) is 0 Å². The van der Waals surface area contributed by atoms with E-state index in [1.807, 2.05) is 37.3 Å². The summed E-state index contributed by atoms with van der Waals surface area (Å²) in [6.07, 6.45) is 0. The number of hydrogen-bond acceptors (Lipinski definition) is 5. The number of thiocarbonyl (C=S) groups is 1. The van der Waals surface area contributed by atoms with E-state index in [9.17, 15) is 19.8 Å². The normalized spacial score (nSPS) is 11.8. The molecule has 37 heavy (non-hydrogen) atoms. The Hall–Kier alpha value is -4.69. The second-order valence-corrected chi connectivity index (χ2v) is 9.02. The van der Waals surface area contributed by atoms with Crippen molar-refractivity contribution in [2.45, 2.75) is 13.0 Å². The Balaban J connectivity index is 1.55. The van der Waals surface area contributed by atoms with Crippen LogP contribution >= 0.6 is 12.2 Å². The molecule has 0 saturated carbocycles. The SMILES string of the molecule is C[C@H](NC(=S)Nc1ccc(-c2c3ccc(=O)cc-3oc3cc(O)ccc23)cc1C(=O)O)c1ccccc1. The van der Waals surface area contributed by atoms with Crippen LogP contribution in [0.15, 0.2) is 94.1 Å². The predicted octanol–water partition coefficient (Wildman–Crippen LogP) is 6.02. The van der Waals surface area contributed by atoms with Gasteiger partial charge in [0.05, 0.1) is 17.3 Å². The highest BCUT2D eigenvalue weighted by Gasteiger charge is 2.20. The summed E-state index contributed by atoms with van der Waals surface area (Å²) >= 11 is 5.45. The van der Waals surface area contributed by atoms with Crippen molar-refractivity contribution in [3.8, 4) is 28.2 Å². The van der Waals surface area contributed by atoms with Gasteiger partial charge in [0, 0.05) is 28.6 Å². The summed E-state index contributed by atoms with van der Waals surface area (Å²) in [4.78, 5) is 24.2. The van der Waals surface area contributed by atoms with Crippen molar-refractivity contribution in [1.82, 2.24) is 5.32 Å². The molecule has 184 valence electrons. The van der Waals surface area contributed by atoms with Gasteiger partial charge in [-0.2, -0.15) is 0 Å². The number of aromatic hydroxyl groups is 1. The number of phenolic OH excluding ortho intramolecular Hbond substituents is 1. The number of anilines is 1. The molecule has 5 rings (SSSR count). The third-order valence-corrected chi connectivity index (χ3v) is 6.33. The number of nitrogens with one attached hydrogen (secondary N) is 2.